The molecule has 4 heteroatoms. The van der Waals surface area contributed by atoms with E-state index in [1.54, 1.807) is 11.3 Å². The molecular formula is C14H24N2OS. The van der Waals surface area contributed by atoms with Crippen LogP contribution in [0.15, 0.2) is 12.1 Å². The van der Waals surface area contributed by atoms with Crippen molar-refractivity contribution in [2.24, 2.45) is 11.7 Å². The molecule has 0 aliphatic carbocycles. The Hall–Kier alpha value is -0.870. The Morgan fingerprint density at radius 3 is 2.72 bits per heavy atom. The van der Waals surface area contributed by atoms with Gasteiger partial charge in [0.05, 0.1) is 5.92 Å². The number of hydrogen-bond donors (Lipinski definition) is 2. The van der Waals surface area contributed by atoms with Gasteiger partial charge in [0.25, 0.3) is 0 Å². The van der Waals surface area contributed by atoms with E-state index in [1.165, 1.54) is 9.75 Å². The van der Waals surface area contributed by atoms with Crippen molar-refractivity contribution in [2.75, 3.05) is 6.54 Å². The lowest BCUT2D eigenvalue weighted by molar-refractivity contribution is -0.125. The summed E-state index contributed by atoms with van der Waals surface area (Å²) < 4.78 is 0. The molecule has 3 N–H and O–H groups in total. The maximum absolute atomic E-state index is 12.0. The molecule has 0 aromatic carbocycles. The number of carbonyl (C=O) groups is 1. The molecule has 2 unspecified atom stereocenters. The van der Waals surface area contributed by atoms with Crippen molar-refractivity contribution in [3.8, 4) is 0 Å². The maximum atomic E-state index is 12.0. The number of thiophene rings is 1. The molecule has 0 radical (unpaired) electrons. The highest BCUT2D eigenvalue weighted by Gasteiger charge is 2.17. The van der Waals surface area contributed by atoms with E-state index in [2.05, 4.69) is 31.3 Å². The number of hydrogen-bond acceptors (Lipinski definition) is 3. The number of carbonyl (C=O) groups excluding carboxylic acids is 1. The molecule has 1 aromatic rings. The van der Waals surface area contributed by atoms with Crippen molar-refractivity contribution >= 4 is 17.2 Å². The smallest absolute Gasteiger partial charge is 0.224 e. The predicted molar refractivity (Wildman–Crippen MR) is 77.8 cm³/mol. The van der Waals surface area contributed by atoms with Crippen LogP contribution in [0.2, 0.25) is 0 Å². The molecule has 1 amide bonds. The van der Waals surface area contributed by atoms with Gasteiger partial charge in [-0.25, -0.2) is 0 Å². The van der Waals surface area contributed by atoms with Crippen LogP contribution in [0.1, 0.15) is 36.4 Å². The van der Waals surface area contributed by atoms with E-state index in [0.717, 1.165) is 19.3 Å². The molecule has 0 aliphatic heterocycles. The minimum absolute atomic E-state index is 0.0393. The highest BCUT2D eigenvalue weighted by Crippen LogP contribution is 2.17. The van der Waals surface area contributed by atoms with Crippen molar-refractivity contribution in [3.63, 3.8) is 0 Å². The summed E-state index contributed by atoms with van der Waals surface area (Å²) in [5.41, 5.74) is 5.63. The van der Waals surface area contributed by atoms with Crippen molar-refractivity contribution in [1.82, 2.24) is 5.32 Å². The molecule has 0 fully saturated rings. The number of amides is 1. The number of rotatable bonds is 7. The van der Waals surface area contributed by atoms with Gasteiger partial charge in [-0.05, 0) is 32.4 Å². The van der Waals surface area contributed by atoms with Gasteiger partial charge in [-0.1, -0.05) is 13.3 Å². The van der Waals surface area contributed by atoms with Gasteiger partial charge < -0.3 is 11.1 Å². The van der Waals surface area contributed by atoms with Gasteiger partial charge >= 0.3 is 0 Å². The Labute approximate surface area is 114 Å². The Morgan fingerprint density at radius 2 is 2.22 bits per heavy atom. The first kappa shape index (κ1) is 15.2. The van der Waals surface area contributed by atoms with E-state index in [-0.39, 0.29) is 17.9 Å². The minimum atomic E-state index is -0.0393. The summed E-state index contributed by atoms with van der Waals surface area (Å²) in [4.78, 5) is 14.6. The maximum Gasteiger partial charge on any atom is 0.224 e. The quantitative estimate of drug-likeness (QED) is 0.798. The van der Waals surface area contributed by atoms with E-state index >= 15 is 0 Å². The number of nitrogens with two attached hydrogens (primary N) is 1. The normalized spacial score (nSPS) is 14.2. The summed E-state index contributed by atoms with van der Waals surface area (Å²) in [7, 11) is 0. The van der Waals surface area contributed by atoms with Gasteiger partial charge in [0, 0.05) is 28.8 Å². The first-order valence-electron chi connectivity index (χ1n) is 6.62. The Kier molecular flexibility index (Phi) is 6.36. The predicted octanol–water partition coefficient (Wildman–Crippen LogP) is 2.48. The molecule has 0 saturated carbocycles. The third-order valence-corrected chi connectivity index (χ3v) is 4.01. The number of aryl methyl sites for hydroxylation is 1. The fraction of sp³-hybridized carbons (Fsp3) is 0.643. The van der Waals surface area contributed by atoms with Crippen LogP contribution in [-0.4, -0.2) is 18.5 Å². The van der Waals surface area contributed by atoms with Crippen LogP contribution in [0.25, 0.3) is 0 Å². The zero-order chi connectivity index (χ0) is 13.5. The van der Waals surface area contributed by atoms with Gasteiger partial charge in [-0.3, -0.25) is 4.79 Å². The third-order valence-electron chi connectivity index (χ3n) is 2.98. The van der Waals surface area contributed by atoms with E-state index < -0.39 is 0 Å². The first-order chi connectivity index (χ1) is 8.56. The molecule has 1 rings (SSSR count). The molecule has 1 aromatic heterocycles. The molecule has 1 heterocycles. The van der Waals surface area contributed by atoms with Crippen LogP contribution in [-0.2, 0) is 11.2 Å². The minimum Gasteiger partial charge on any atom is -0.353 e. The van der Waals surface area contributed by atoms with Gasteiger partial charge in [0.1, 0.15) is 0 Å². The van der Waals surface area contributed by atoms with E-state index in [1.807, 2.05) is 6.92 Å². The summed E-state index contributed by atoms with van der Waals surface area (Å²) in [6, 6.07) is 4.42. The van der Waals surface area contributed by atoms with Gasteiger partial charge in [0.2, 0.25) is 5.91 Å². The molecule has 3 nitrogen and oxygen atoms in total. The lowest BCUT2D eigenvalue weighted by Crippen LogP contribution is -2.40. The Morgan fingerprint density at radius 1 is 1.50 bits per heavy atom. The van der Waals surface area contributed by atoms with E-state index in [0.29, 0.717) is 6.54 Å². The highest BCUT2D eigenvalue weighted by molar-refractivity contribution is 7.11. The second-order valence-corrected chi connectivity index (χ2v) is 6.22. The van der Waals surface area contributed by atoms with Crippen LogP contribution in [0.5, 0.6) is 0 Å². The summed E-state index contributed by atoms with van der Waals surface area (Å²) in [5.74, 6) is 0.0580. The first-order valence-corrected chi connectivity index (χ1v) is 7.44. The molecular weight excluding hydrogens is 244 g/mol. The second-order valence-electron chi connectivity index (χ2n) is 4.85. The van der Waals surface area contributed by atoms with Gasteiger partial charge in [0.15, 0.2) is 0 Å². The lowest BCUT2D eigenvalue weighted by Gasteiger charge is -2.18. The highest BCUT2D eigenvalue weighted by atomic mass is 32.1. The Balaban J connectivity index is 2.43. The molecule has 0 aliphatic rings. The topological polar surface area (TPSA) is 55.1 Å². The molecule has 0 saturated heterocycles. The Bertz CT molecular complexity index is 376. The fourth-order valence-electron chi connectivity index (χ4n) is 2.01. The summed E-state index contributed by atoms with van der Waals surface area (Å²) in [5, 5.41) is 3.06. The van der Waals surface area contributed by atoms with Crippen LogP contribution < -0.4 is 11.1 Å². The van der Waals surface area contributed by atoms with E-state index in [9.17, 15) is 4.79 Å². The molecule has 0 bridgehead atoms. The van der Waals surface area contributed by atoms with Crippen LogP contribution in [0, 0.1) is 12.8 Å². The summed E-state index contributed by atoms with van der Waals surface area (Å²) in [6.07, 6.45) is 2.76. The standard InChI is InChI=1S/C14H24N2OS/c1-4-5-12(9-15)14(17)16-10(2)8-13-7-6-11(3)18-13/h6-7,10,12H,4-5,8-9,15H2,1-3H3,(H,16,17). The van der Waals surface area contributed by atoms with Crippen molar-refractivity contribution in [1.29, 1.82) is 0 Å². The summed E-state index contributed by atoms with van der Waals surface area (Å²) >= 11 is 1.79. The van der Waals surface area contributed by atoms with E-state index in [4.69, 9.17) is 5.73 Å². The van der Waals surface area contributed by atoms with Gasteiger partial charge in [-0.15, -0.1) is 11.3 Å². The molecule has 0 spiro atoms. The van der Waals surface area contributed by atoms with Crippen molar-refractivity contribution in [2.45, 2.75) is 46.1 Å². The second kappa shape index (κ2) is 7.54. The van der Waals surface area contributed by atoms with Gasteiger partial charge in [-0.2, -0.15) is 0 Å². The zero-order valence-corrected chi connectivity index (χ0v) is 12.3. The van der Waals surface area contributed by atoms with Crippen molar-refractivity contribution < 1.29 is 4.79 Å². The van der Waals surface area contributed by atoms with Crippen LogP contribution in [0.4, 0.5) is 0 Å². The number of nitrogens with one attached hydrogen (secondary N) is 1. The average molecular weight is 268 g/mol. The fourth-order valence-corrected chi connectivity index (χ4v) is 3.03. The van der Waals surface area contributed by atoms with Crippen molar-refractivity contribution in [3.05, 3.63) is 21.9 Å². The van der Waals surface area contributed by atoms with Crippen LogP contribution in [0.3, 0.4) is 0 Å². The summed E-state index contributed by atoms with van der Waals surface area (Å²) in [6.45, 7) is 6.66. The largest absolute Gasteiger partial charge is 0.353 e. The SMILES string of the molecule is CCCC(CN)C(=O)NC(C)Cc1ccc(C)s1. The average Bonchev–Trinajstić information content (AvgIpc) is 2.71. The lowest BCUT2D eigenvalue weighted by atomic mass is 10.0. The molecule has 18 heavy (non-hydrogen) atoms. The molecule has 2 atom stereocenters. The third kappa shape index (κ3) is 4.78. The zero-order valence-electron chi connectivity index (χ0n) is 11.5. The monoisotopic (exact) mass is 268 g/mol. The molecule has 102 valence electrons. The van der Waals surface area contributed by atoms with Crippen LogP contribution >= 0.6 is 11.3 Å².